The summed E-state index contributed by atoms with van der Waals surface area (Å²) in [6.07, 6.45) is 30.0. The van der Waals surface area contributed by atoms with Crippen LogP contribution in [-0.4, -0.2) is 0 Å². The van der Waals surface area contributed by atoms with Gasteiger partial charge in [0.05, 0.1) is 0 Å². The van der Waals surface area contributed by atoms with Gasteiger partial charge in [0.1, 0.15) is 0 Å². The summed E-state index contributed by atoms with van der Waals surface area (Å²) in [5.74, 6) is 10.6. The molecule has 19 heavy (non-hydrogen) atoms. The lowest BCUT2D eigenvalue weighted by Gasteiger charge is -2.09. The number of rotatable bonds is 0. The molecule has 0 saturated heterocycles. The fraction of sp³-hybridized carbons (Fsp3) is 0.0526. The predicted molar refractivity (Wildman–Crippen MR) is 79.3 cm³/mol. The number of hydrogen-bond donors (Lipinski definition) is 0. The second-order valence-corrected chi connectivity index (χ2v) is 4.03. The van der Waals surface area contributed by atoms with E-state index >= 15 is 0 Å². The van der Waals surface area contributed by atoms with Gasteiger partial charge in [-0.3, -0.25) is 0 Å². The first-order chi connectivity index (χ1) is 9.24. The van der Waals surface area contributed by atoms with E-state index in [9.17, 15) is 0 Å². The molecule has 2 aliphatic carbocycles. The maximum atomic E-state index is 5.55. The van der Waals surface area contributed by atoms with Gasteiger partial charge in [0, 0.05) is 28.7 Å². The molecule has 0 nitrogen and oxygen atoms in total. The van der Waals surface area contributed by atoms with E-state index < -0.39 is 0 Å². The highest BCUT2D eigenvalue weighted by Crippen LogP contribution is 2.34. The highest BCUT2D eigenvalue weighted by Gasteiger charge is 2.19. The average Bonchev–Trinajstić information content (AvgIpc) is 2.74. The Kier molecular flexibility index (Phi) is 3.31. The summed E-state index contributed by atoms with van der Waals surface area (Å²) in [4.78, 5) is 0. The minimum absolute atomic E-state index is 0.568. The van der Waals surface area contributed by atoms with Crippen LogP contribution in [0, 0.1) is 49.4 Å². The molecule has 0 aromatic rings. The molecule has 0 spiro atoms. The molecule has 0 amide bonds. The molecule has 0 unspecified atom stereocenters. The second kappa shape index (κ2) is 5.07. The molecule has 0 heterocycles. The summed E-state index contributed by atoms with van der Waals surface area (Å²) >= 11 is 0. The lowest BCUT2D eigenvalue weighted by molar-refractivity contribution is 1.16. The maximum absolute atomic E-state index is 5.55. The highest BCUT2D eigenvalue weighted by molar-refractivity contribution is 5.68. The molecule has 2 aliphatic rings. The van der Waals surface area contributed by atoms with Crippen LogP contribution in [0.15, 0.2) is 57.7 Å². The zero-order valence-corrected chi connectivity index (χ0v) is 10.3. The first kappa shape index (κ1) is 12.4. The van der Waals surface area contributed by atoms with Crippen molar-refractivity contribution in [2.24, 2.45) is 0 Å². The molecule has 0 radical (unpaired) electrons. The Morgan fingerprint density at radius 3 is 1.42 bits per heavy atom. The summed E-state index contributed by atoms with van der Waals surface area (Å²) < 4.78 is 0. The SMILES string of the molecule is C#CC1=CC=C(C#C)C2=C(C#C)C=CC(C#C)=C1C2. The van der Waals surface area contributed by atoms with Crippen LogP contribution < -0.4 is 0 Å². The standard InChI is InChI=1S/C19H10/c1-5-14-9-10-16(7-3)19-13-18(14)15(6-2)11-12-17(19)8-4/h1-4,9-12H,13H2. The van der Waals surface area contributed by atoms with Crippen molar-refractivity contribution in [1.29, 1.82) is 0 Å². The van der Waals surface area contributed by atoms with Crippen LogP contribution in [0.25, 0.3) is 0 Å². The van der Waals surface area contributed by atoms with Crippen molar-refractivity contribution >= 4 is 0 Å². The van der Waals surface area contributed by atoms with Crippen molar-refractivity contribution in [3.05, 3.63) is 57.7 Å². The third-order valence-electron chi connectivity index (χ3n) is 3.11. The first-order valence-electron chi connectivity index (χ1n) is 5.68. The van der Waals surface area contributed by atoms with E-state index in [1.807, 2.05) is 24.3 Å². The summed E-state index contributed by atoms with van der Waals surface area (Å²) in [6.45, 7) is 0. The van der Waals surface area contributed by atoms with E-state index in [0.717, 1.165) is 33.4 Å². The third-order valence-corrected chi connectivity index (χ3v) is 3.11. The number of allylic oxidation sites excluding steroid dienone is 10. The van der Waals surface area contributed by atoms with E-state index in [4.69, 9.17) is 25.7 Å². The van der Waals surface area contributed by atoms with Crippen molar-refractivity contribution < 1.29 is 0 Å². The van der Waals surface area contributed by atoms with Crippen molar-refractivity contribution in [3.8, 4) is 49.4 Å². The number of hydrogen-bond acceptors (Lipinski definition) is 0. The van der Waals surface area contributed by atoms with Crippen LogP contribution >= 0.6 is 0 Å². The fourth-order valence-electron chi connectivity index (χ4n) is 2.12. The molecule has 0 aliphatic heterocycles. The van der Waals surface area contributed by atoms with Gasteiger partial charge in [-0.15, -0.1) is 25.7 Å². The first-order valence-corrected chi connectivity index (χ1v) is 5.68. The summed E-state index contributed by atoms with van der Waals surface area (Å²) in [5.41, 5.74) is 4.83. The summed E-state index contributed by atoms with van der Waals surface area (Å²) in [6, 6.07) is 0. The lowest BCUT2D eigenvalue weighted by atomic mass is 9.93. The van der Waals surface area contributed by atoms with Crippen LogP contribution in [0.2, 0.25) is 0 Å². The van der Waals surface area contributed by atoms with Gasteiger partial charge >= 0.3 is 0 Å². The van der Waals surface area contributed by atoms with Gasteiger partial charge in [-0.1, -0.05) is 23.7 Å². The predicted octanol–water partition coefficient (Wildman–Crippen LogP) is 2.94. The van der Waals surface area contributed by atoms with Crippen molar-refractivity contribution in [2.75, 3.05) is 0 Å². The van der Waals surface area contributed by atoms with Crippen LogP contribution in [-0.2, 0) is 0 Å². The van der Waals surface area contributed by atoms with Crippen LogP contribution in [0.4, 0.5) is 0 Å². The fourth-order valence-corrected chi connectivity index (χ4v) is 2.12. The van der Waals surface area contributed by atoms with Crippen LogP contribution in [0.3, 0.4) is 0 Å². The van der Waals surface area contributed by atoms with Gasteiger partial charge in [-0.25, -0.2) is 0 Å². The monoisotopic (exact) mass is 238 g/mol. The molecule has 2 bridgehead atoms. The minimum Gasteiger partial charge on any atom is -0.115 e. The molecular formula is C19H10. The number of fused-ring (bicyclic) bond motifs is 2. The molecule has 2 rings (SSSR count). The average molecular weight is 238 g/mol. The Morgan fingerprint density at radius 2 is 1.11 bits per heavy atom. The maximum Gasteiger partial charge on any atom is 0.0290 e. The largest absolute Gasteiger partial charge is 0.115 e. The minimum atomic E-state index is 0.568. The Morgan fingerprint density at radius 1 is 0.684 bits per heavy atom. The van der Waals surface area contributed by atoms with E-state index in [1.165, 1.54) is 0 Å². The van der Waals surface area contributed by atoms with Crippen molar-refractivity contribution in [3.63, 3.8) is 0 Å². The molecule has 0 atom stereocenters. The van der Waals surface area contributed by atoms with Gasteiger partial charge in [-0.2, -0.15) is 0 Å². The second-order valence-electron chi connectivity index (χ2n) is 4.03. The zero-order chi connectivity index (χ0) is 13.8. The van der Waals surface area contributed by atoms with Gasteiger partial charge in [0.25, 0.3) is 0 Å². The summed E-state index contributed by atoms with van der Waals surface area (Å²) in [7, 11) is 0. The van der Waals surface area contributed by atoms with E-state index in [0.29, 0.717) is 6.42 Å². The highest BCUT2D eigenvalue weighted by atomic mass is 14.2. The van der Waals surface area contributed by atoms with Crippen molar-refractivity contribution in [1.82, 2.24) is 0 Å². The Labute approximate surface area is 114 Å². The molecule has 0 fully saturated rings. The molecule has 0 N–H and O–H groups in total. The van der Waals surface area contributed by atoms with Crippen LogP contribution in [0.5, 0.6) is 0 Å². The lowest BCUT2D eigenvalue weighted by Crippen LogP contribution is -1.95. The van der Waals surface area contributed by atoms with E-state index in [1.54, 1.807) is 0 Å². The molecule has 0 aromatic carbocycles. The quantitative estimate of drug-likeness (QED) is 0.569. The van der Waals surface area contributed by atoms with Gasteiger partial charge in [0.15, 0.2) is 0 Å². The normalized spacial score (nSPS) is 17.1. The van der Waals surface area contributed by atoms with Gasteiger partial charge in [-0.05, 0) is 35.5 Å². The molecule has 0 heteroatoms. The van der Waals surface area contributed by atoms with E-state index in [2.05, 4.69) is 23.7 Å². The van der Waals surface area contributed by atoms with Gasteiger partial charge < -0.3 is 0 Å². The van der Waals surface area contributed by atoms with E-state index in [-0.39, 0.29) is 0 Å². The third kappa shape index (κ3) is 2.05. The smallest absolute Gasteiger partial charge is 0.0290 e. The van der Waals surface area contributed by atoms with Crippen molar-refractivity contribution in [2.45, 2.75) is 6.42 Å². The molecule has 0 saturated carbocycles. The van der Waals surface area contributed by atoms with Crippen LogP contribution in [0.1, 0.15) is 6.42 Å². The summed E-state index contributed by atoms with van der Waals surface area (Å²) in [5, 5.41) is 0. The molecular weight excluding hydrogens is 228 g/mol. The zero-order valence-electron chi connectivity index (χ0n) is 10.3. The molecule has 86 valence electrons. The molecule has 0 aromatic heterocycles. The van der Waals surface area contributed by atoms with Gasteiger partial charge in [0.2, 0.25) is 0 Å². The Hall–Kier alpha value is -3.06. The Balaban J connectivity index is 2.80. The Bertz CT molecular complexity index is 692. The topological polar surface area (TPSA) is 0 Å². The number of terminal acetylenes is 4.